The highest BCUT2D eigenvalue weighted by Gasteiger charge is 2.48. The zero-order valence-corrected chi connectivity index (χ0v) is 15.8. The number of hydrogen-bond acceptors (Lipinski definition) is 5. The highest BCUT2D eigenvalue weighted by Crippen LogP contribution is 2.37. The van der Waals surface area contributed by atoms with Crippen LogP contribution in [0.4, 0.5) is 29.1 Å². The van der Waals surface area contributed by atoms with Gasteiger partial charge < -0.3 is 10.2 Å². The monoisotopic (exact) mass is 417 g/mol. The van der Waals surface area contributed by atoms with Crippen molar-refractivity contribution in [2.45, 2.75) is 36.2 Å². The summed E-state index contributed by atoms with van der Waals surface area (Å²) in [5, 5.41) is 3.28. The van der Waals surface area contributed by atoms with E-state index in [1.54, 1.807) is 4.90 Å². The lowest BCUT2D eigenvalue weighted by Crippen LogP contribution is -2.40. The van der Waals surface area contributed by atoms with Crippen LogP contribution in [0.3, 0.4) is 0 Å². The summed E-state index contributed by atoms with van der Waals surface area (Å²) in [6, 6.07) is 8.09. The standard InChI is InChI=1S/C18H19F4N3O2S/c1-12-3-2-4-17(23-12)24-14-7-9-25(10-8-14)15-6-5-13(19)11-16(15)28(26,27)18(20,21)22/h2-6,11,14H,7-10H2,1H3,(H,23,24). The second kappa shape index (κ2) is 7.57. The van der Waals surface area contributed by atoms with Crippen LogP contribution in [0.25, 0.3) is 0 Å². The van der Waals surface area contributed by atoms with E-state index in [0.29, 0.717) is 37.8 Å². The van der Waals surface area contributed by atoms with Gasteiger partial charge in [0.25, 0.3) is 9.84 Å². The first kappa shape index (κ1) is 20.4. The van der Waals surface area contributed by atoms with Gasteiger partial charge in [-0.3, -0.25) is 0 Å². The molecule has 1 aromatic heterocycles. The van der Waals surface area contributed by atoms with E-state index >= 15 is 0 Å². The third-order valence-corrected chi connectivity index (χ3v) is 6.11. The quantitative estimate of drug-likeness (QED) is 0.765. The van der Waals surface area contributed by atoms with E-state index in [9.17, 15) is 26.0 Å². The van der Waals surface area contributed by atoms with E-state index in [4.69, 9.17) is 0 Å². The minimum Gasteiger partial charge on any atom is -0.370 e. The number of pyridine rings is 1. The van der Waals surface area contributed by atoms with Crippen LogP contribution in [0.1, 0.15) is 18.5 Å². The van der Waals surface area contributed by atoms with Crippen molar-refractivity contribution in [3.8, 4) is 0 Å². The molecule has 0 aliphatic carbocycles. The van der Waals surface area contributed by atoms with Crippen LogP contribution in [0.15, 0.2) is 41.3 Å². The molecular weight excluding hydrogens is 398 g/mol. The summed E-state index contributed by atoms with van der Waals surface area (Å²) in [7, 11) is -5.65. The molecule has 3 rings (SSSR count). The number of aryl methyl sites for hydroxylation is 1. The third-order valence-electron chi connectivity index (χ3n) is 4.59. The second-order valence-corrected chi connectivity index (χ2v) is 8.54. The Morgan fingerprint density at radius 3 is 2.43 bits per heavy atom. The minimum absolute atomic E-state index is 0.0497. The maximum absolute atomic E-state index is 13.5. The van der Waals surface area contributed by atoms with E-state index < -0.39 is 26.1 Å². The molecule has 5 nitrogen and oxygen atoms in total. The predicted octanol–water partition coefficient (Wildman–Crippen LogP) is 3.90. The van der Waals surface area contributed by atoms with Crippen LogP contribution >= 0.6 is 0 Å². The molecule has 1 saturated heterocycles. The molecule has 10 heteroatoms. The molecule has 0 amide bonds. The van der Waals surface area contributed by atoms with Crippen LogP contribution in [0.2, 0.25) is 0 Å². The van der Waals surface area contributed by atoms with Gasteiger partial charge in [-0.2, -0.15) is 13.2 Å². The number of nitrogens with one attached hydrogen (secondary N) is 1. The second-order valence-electron chi connectivity index (χ2n) is 6.63. The number of anilines is 2. The molecule has 152 valence electrons. The molecule has 1 aliphatic heterocycles. The zero-order chi connectivity index (χ0) is 20.5. The van der Waals surface area contributed by atoms with Crippen molar-refractivity contribution < 1.29 is 26.0 Å². The Hall–Kier alpha value is -2.36. The topological polar surface area (TPSA) is 62.3 Å². The Labute approximate surface area is 160 Å². The van der Waals surface area contributed by atoms with E-state index in [1.807, 2.05) is 25.1 Å². The lowest BCUT2D eigenvalue weighted by Gasteiger charge is -2.35. The van der Waals surface area contributed by atoms with Gasteiger partial charge in [0.1, 0.15) is 16.5 Å². The zero-order valence-electron chi connectivity index (χ0n) is 15.0. The van der Waals surface area contributed by atoms with Gasteiger partial charge in [0.2, 0.25) is 0 Å². The summed E-state index contributed by atoms with van der Waals surface area (Å²) < 4.78 is 76.2. The molecule has 1 aliphatic rings. The highest BCUT2D eigenvalue weighted by molar-refractivity contribution is 7.92. The third kappa shape index (κ3) is 4.21. The van der Waals surface area contributed by atoms with E-state index in [-0.39, 0.29) is 11.7 Å². The number of nitrogens with zero attached hydrogens (tertiary/aromatic N) is 2. The Morgan fingerprint density at radius 2 is 1.82 bits per heavy atom. The highest BCUT2D eigenvalue weighted by atomic mass is 32.2. The molecular formula is C18H19F4N3O2S. The molecule has 0 bridgehead atoms. The van der Waals surface area contributed by atoms with Crippen molar-refractivity contribution in [1.29, 1.82) is 0 Å². The molecule has 1 fully saturated rings. The van der Waals surface area contributed by atoms with Gasteiger partial charge in [-0.25, -0.2) is 17.8 Å². The van der Waals surface area contributed by atoms with Gasteiger partial charge in [0, 0.05) is 24.8 Å². The smallest absolute Gasteiger partial charge is 0.370 e. The number of rotatable bonds is 4. The normalized spacial score (nSPS) is 16.2. The molecule has 2 heterocycles. The summed E-state index contributed by atoms with van der Waals surface area (Å²) in [5.74, 6) is -0.325. The van der Waals surface area contributed by atoms with Crippen LogP contribution in [0.5, 0.6) is 0 Å². The summed E-state index contributed by atoms with van der Waals surface area (Å²) >= 11 is 0. The van der Waals surface area contributed by atoms with E-state index in [0.717, 1.165) is 17.8 Å². The van der Waals surface area contributed by atoms with Crippen molar-refractivity contribution in [3.63, 3.8) is 0 Å². The van der Waals surface area contributed by atoms with Gasteiger partial charge in [-0.05, 0) is 50.1 Å². The van der Waals surface area contributed by atoms with Crippen molar-refractivity contribution in [2.24, 2.45) is 0 Å². The van der Waals surface area contributed by atoms with Crippen molar-refractivity contribution >= 4 is 21.3 Å². The first-order valence-electron chi connectivity index (χ1n) is 8.64. The predicted molar refractivity (Wildman–Crippen MR) is 97.5 cm³/mol. The van der Waals surface area contributed by atoms with Crippen molar-refractivity contribution in [2.75, 3.05) is 23.3 Å². The molecule has 0 saturated carbocycles. The fourth-order valence-corrected chi connectivity index (χ4v) is 4.18. The summed E-state index contributed by atoms with van der Waals surface area (Å²) in [4.78, 5) is 4.85. The lowest BCUT2D eigenvalue weighted by molar-refractivity contribution is -0.0435. The summed E-state index contributed by atoms with van der Waals surface area (Å²) in [6.45, 7) is 2.52. The fraction of sp³-hybridized carbons (Fsp3) is 0.389. The average molecular weight is 417 g/mol. The molecule has 28 heavy (non-hydrogen) atoms. The molecule has 2 aromatic rings. The summed E-state index contributed by atoms with van der Waals surface area (Å²) in [6.07, 6.45) is 1.14. The van der Waals surface area contributed by atoms with Gasteiger partial charge in [0.05, 0.1) is 5.69 Å². The SMILES string of the molecule is Cc1cccc(NC2CCN(c3ccc(F)cc3S(=O)(=O)C(F)(F)F)CC2)n1. The van der Waals surface area contributed by atoms with Crippen molar-refractivity contribution in [1.82, 2.24) is 4.98 Å². The Bertz CT molecular complexity index is 956. The summed E-state index contributed by atoms with van der Waals surface area (Å²) in [5.41, 5.74) is -4.77. The number of aromatic nitrogens is 1. The van der Waals surface area contributed by atoms with Gasteiger partial charge >= 0.3 is 5.51 Å². The number of piperidine rings is 1. The largest absolute Gasteiger partial charge is 0.501 e. The first-order chi connectivity index (χ1) is 13.1. The Balaban J connectivity index is 1.78. The van der Waals surface area contributed by atoms with Crippen LogP contribution in [-0.2, 0) is 9.84 Å². The molecule has 0 unspecified atom stereocenters. The fourth-order valence-electron chi connectivity index (χ4n) is 3.19. The number of benzene rings is 1. The van der Waals surface area contributed by atoms with E-state index in [1.165, 1.54) is 0 Å². The molecule has 0 spiro atoms. The van der Waals surface area contributed by atoms with Crippen LogP contribution < -0.4 is 10.2 Å². The van der Waals surface area contributed by atoms with Gasteiger partial charge in [-0.15, -0.1) is 0 Å². The number of hydrogen-bond donors (Lipinski definition) is 1. The Morgan fingerprint density at radius 1 is 1.14 bits per heavy atom. The average Bonchev–Trinajstić information content (AvgIpc) is 2.61. The molecule has 0 radical (unpaired) electrons. The molecule has 0 atom stereocenters. The van der Waals surface area contributed by atoms with Crippen molar-refractivity contribution in [3.05, 3.63) is 47.9 Å². The van der Waals surface area contributed by atoms with E-state index in [2.05, 4.69) is 10.3 Å². The number of sulfone groups is 1. The first-order valence-corrected chi connectivity index (χ1v) is 10.1. The van der Waals surface area contributed by atoms with Gasteiger partial charge in [-0.1, -0.05) is 6.07 Å². The lowest BCUT2D eigenvalue weighted by atomic mass is 10.0. The molecule has 1 aromatic carbocycles. The number of alkyl halides is 3. The maximum Gasteiger partial charge on any atom is 0.501 e. The van der Waals surface area contributed by atoms with Gasteiger partial charge in [0.15, 0.2) is 0 Å². The molecule has 1 N–H and O–H groups in total. The Kier molecular flexibility index (Phi) is 5.51. The minimum atomic E-state index is -5.65. The number of halogens is 4. The van der Waals surface area contributed by atoms with Crippen LogP contribution in [0, 0.1) is 12.7 Å². The maximum atomic E-state index is 13.5. The van der Waals surface area contributed by atoms with Crippen LogP contribution in [-0.4, -0.2) is 38.0 Å².